The number of aromatic nitrogens is 1. The van der Waals surface area contributed by atoms with Gasteiger partial charge in [0.2, 0.25) is 5.89 Å². The quantitative estimate of drug-likeness (QED) is 0.623. The van der Waals surface area contributed by atoms with Crippen molar-refractivity contribution >= 4 is 5.96 Å². The van der Waals surface area contributed by atoms with Crippen LogP contribution in [0.2, 0.25) is 0 Å². The van der Waals surface area contributed by atoms with Crippen LogP contribution in [0, 0.1) is 13.8 Å². The predicted octanol–water partition coefficient (Wildman–Crippen LogP) is 1.38. The van der Waals surface area contributed by atoms with Crippen LogP contribution < -0.4 is 10.6 Å². The zero-order valence-corrected chi connectivity index (χ0v) is 12.6. The van der Waals surface area contributed by atoms with Crippen LogP contribution in [0.3, 0.4) is 0 Å². The highest BCUT2D eigenvalue weighted by Gasteiger charge is 2.16. The van der Waals surface area contributed by atoms with E-state index in [2.05, 4.69) is 20.6 Å². The molecule has 1 aromatic rings. The molecule has 108 valence electrons. The molecule has 0 saturated heterocycles. The number of aliphatic imine (C=N–C) groups is 1. The van der Waals surface area contributed by atoms with E-state index >= 15 is 0 Å². The number of guanidine groups is 1. The summed E-state index contributed by atoms with van der Waals surface area (Å²) in [7, 11) is 3.41. The summed E-state index contributed by atoms with van der Waals surface area (Å²) in [4.78, 5) is 8.44. The normalized spacial score (nSPS) is 12.6. The molecule has 0 radical (unpaired) electrons. The van der Waals surface area contributed by atoms with Gasteiger partial charge >= 0.3 is 0 Å². The van der Waals surface area contributed by atoms with Gasteiger partial charge in [-0.15, -0.1) is 0 Å². The lowest BCUT2D eigenvalue weighted by Gasteiger charge is -2.24. The molecular formula is C13H24N4O2. The van der Waals surface area contributed by atoms with Crippen molar-refractivity contribution in [2.45, 2.75) is 39.8 Å². The molecule has 1 aromatic heterocycles. The summed E-state index contributed by atoms with van der Waals surface area (Å²) in [6.07, 6.45) is 0. The molecule has 2 N–H and O–H groups in total. The van der Waals surface area contributed by atoms with Crippen molar-refractivity contribution in [3.8, 4) is 0 Å². The Bertz CT molecular complexity index is 418. The molecule has 19 heavy (non-hydrogen) atoms. The van der Waals surface area contributed by atoms with E-state index in [-0.39, 0.29) is 5.60 Å². The minimum Gasteiger partial charge on any atom is -0.444 e. The van der Waals surface area contributed by atoms with Gasteiger partial charge in [0, 0.05) is 20.7 Å². The van der Waals surface area contributed by atoms with Crippen molar-refractivity contribution in [1.82, 2.24) is 15.6 Å². The summed E-state index contributed by atoms with van der Waals surface area (Å²) in [6, 6.07) is 0. The zero-order valence-electron chi connectivity index (χ0n) is 12.6. The second-order valence-electron chi connectivity index (χ2n) is 4.99. The fraction of sp³-hybridized carbons (Fsp3) is 0.692. The van der Waals surface area contributed by atoms with Crippen molar-refractivity contribution in [2.24, 2.45) is 4.99 Å². The van der Waals surface area contributed by atoms with Crippen LogP contribution in [-0.4, -0.2) is 37.2 Å². The topological polar surface area (TPSA) is 71.7 Å². The summed E-state index contributed by atoms with van der Waals surface area (Å²) in [5, 5.41) is 6.35. The van der Waals surface area contributed by atoms with Crippen molar-refractivity contribution in [1.29, 1.82) is 0 Å². The minimum atomic E-state index is -0.242. The standard InChI is InChI=1S/C13H24N4O2/c1-9-10(2)19-11(17-9)7-15-12(14-5)16-8-13(3,4)18-6/h7-8H2,1-6H3,(H2,14,15,16). The molecule has 1 heterocycles. The predicted molar refractivity (Wildman–Crippen MR) is 75.3 cm³/mol. The first kappa shape index (κ1) is 15.5. The minimum absolute atomic E-state index is 0.242. The monoisotopic (exact) mass is 268 g/mol. The van der Waals surface area contributed by atoms with Gasteiger partial charge in [0.05, 0.1) is 17.8 Å². The third-order valence-electron chi connectivity index (χ3n) is 2.94. The number of rotatable bonds is 5. The van der Waals surface area contributed by atoms with Crippen molar-refractivity contribution in [3.63, 3.8) is 0 Å². The van der Waals surface area contributed by atoms with Crippen molar-refractivity contribution in [2.75, 3.05) is 20.7 Å². The summed E-state index contributed by atoms with van der Waals surface area (Å²) >= 11 is 0. The molecule has 0 bridgehead atoms. The Hall–Kier alpha value is -1.56. The van der Waals surface area contributed by atoms with Crippen molar-refractivity contribution < 1.29 is 9.15 Å². The lowest BCUT2D eigenvalue weighted by Crippen LogP contribution is -2.45. The van der Waals surface area contributed by atoms with Crippen LogP contribution in [0.25, 0.3) is 0 Å². The Morgan fingerprint density at radius 1 is 1.37 bits per heavy atom. The highest BCUT2D eigenvalue weighted by molar-refractivity contribution is 5.79. The first-order chi connectivity index (χ1) is 8.88. The van der Waals surface area contributed by atoms with E-state index in [9.17, 15) is 0 Å². The molecule has 0 saturated carbocycles. The number of hydrogen-bond acceptors (Lipinski definition) is 4. The fourth-order valence-corrected chi connectivity index (χ4v) is 1.36. The van der Waals surface area contributed by atoms with Crippen molar-refractivity contribution in [3.05, 3.63) is 17.3 Å². The van der Waals surface area contributed by atoms with E-state index in [1.807, 2.05) is 27.7 Å². The molecule has 0 unspecified atom stereocenters. The SMILES string of the molecule is CN=C(NCc1nc(C)c(C)o1)NCC(C)(C)OC. The molecular weight excluding hydrogens is 244 g/mol. The lowest BCUT2D eigenvalue weighted by molar-refractivity contribution is 0.0268. The lowest BCUT2D eigenvalue weighted by atomic mass is 10.1. The maximum atomic E-state index is 5.49. The number of nitrogens with one attached hydrogen (secondary N) is 2. The van der Waals surface area contributed by atoms with Gasteiger partial charge < -0.3 is 19.8 Å². The smallest absolute Gasteiger partial charge is 0.214 e. The number of hydrogen-bond donors (Lipinski definition) is 2. The highest BCUT2D eigenvalue weighted by atomic mass is 16.5. The maximum absolute atomic E-state index is 5.49. The average Bonchev–Trinajstić information content (AvgIpc) is 2.69. The van der Waals surface area contributed by atoms with E-state index in [1.54, 1.807) is 14.2 Å². The molecule has 0 aliphatic carbocycles. The Balaban J connectivity index is 2.46. The Morgan fingerprint density at radius 2 is 2.05 bits per heavy atom. The van der Waals surface area contributed by atoms with Gasteiger partial charge in [-0.3, -0.25) is 4.99 Å². The van der Waals surface area contributed by atoms with Crippen LogP contribution in [0.15, 0.2) is 9.41 Å². The van der Waals surface area contributed by atoms with Gasteiger partial charge in [-0.2, -0.15) is 0 Å². The van der Waals surface area contributed by atoms with Gasteiger partial charge in [0.25, 0.3) is 0 Å². The van der Waals surface area contributed by atoms with Gasteiger partial charge in [0.15, 0.2) is 5.96 Å². The molecule has 0 aromatic carbocycles. The highest BCUT2D eigenvalue weighted by Crippen LogP contribution is 2.07. The van der Waals surface area contributed by atoms with E-state index in [0.29, 0.717) is 24.9 Å². The number of oxazole rings is 1. The van der Waals surface area contributed by atoms with Crippen LogP contribution in [0.4, 0.5) is 0 Å². The molecule has 0 amide bonds. The van der Waals surface area contributed by atoms with Gasteiger partial charge in [-0.25, -0.2) is 4.98 Å². The Morgan fingerprint density at radius 3 is 2.53 bits per heavy atom. The van der Waals surface area contributed by atoms with Crippen LogP contribution in [0.5, 0.6) is 0 Å². The summed E-state index contributed by atoms with van der Waals surface area (Å²) < 4.78 is 10.8. The van der Waals surface area contributed by atoms with E-state index in [1.165, 1.54) is 0 Å². The molecule has 0 aliphatic heterocycles. The van der Waals surface area contributed by atoms with E-state index in [4.69, 9.17) is 9.15 Å². The molecule has 6 nitrogen and oxygen atoms in total. The third kappa shape index (κ3) is 4.90. The maximum Gasteiger partial charge on any atom is 0.214 e. The number of aryl methyl sites for hydroxylation is 2. The largest absolute Gasteiger partial charge is 0.444 e. The number of nitrogens with zero attached hydrogens (tertiary/aromatic N) is 2. The summed E-state index contributed by atoms with van der Waals surface area (Å²) in [5.41, 5.74) is 0.675. The number of ether oxygens (including phenoxy) is 1. The van der Waals surface area contributed by atoms with E-state index in [0.717, 1.165) is 11.5 Å². The Labute approximate surface area is 114 Å². The molecule has 0 atom stereocenters. The third-order valence-corrected chi connectivity index (χ3v) is 2.94. The molecule has 0 aliphatic rings. The van der Waals surface area contributed by atoms with Crippen LogP contribution >= 0.6 is 0 Å². The zero-order chi connectivity index (χ0) is 14.5. The second kappa shape index (κ2) is 6.56. The molecule has 1 rings (SSSR count). The Kier molecular flexibility index (Phi) is 5.35. The van der Waals surface area contributed by atoms with Gasteiger partial charge in [-0.05, 0) is 27.7 Å². The second-order valence-corrected chi connectivity index (χ2v) is 4.99. The average molecular weight is 268 g/mol. The molecule has 0 spiro atoms. The van der Waals surface area contributed by atoms with E-state index < -0.39 is 0 Å². The molecule has 0 fully saturated rings. The number of methoxy groups -OCH3 is 1. The van der Waals surface area contributed by atoms with Gasteiger partial charge in [-0.1, -0.05) is 0 Å². The summed E-state index contributed by atoms with van der Waals surface area (Å²) in [5.74, 6) is 2.20. The van der Waals surface area contributed by atoms with Gasteiger partial charge in [0.1, 0.15) is 5.76 Å². The summed E-state index contributed by atoms with van der Waals surface area (Å²) in [6.45, 7) is 9.01. The first-order valence-corrected chi connectivity index (χ1v) is 6.30. The first-order valence-electron chi connectivity index (χ1n) is 6.30. The fourth-order valence-electron chi connectivity index (χ4n) is 1.36. The van der Waals surface area contributed by atoms with Crippen LogP contribution in [-0.2, 0) is 11.3 Å². The van der Waals surface area contributed by atoms with Crippen LogP contribution in [0.1, 0.15) is 31.2 Å². The molecule has 6 heteroatoms.